The number of hydrogen-bond acceptors (Lipinski definition) is 4. The average Bonchev–Trinajstić information content (AvgIpc) is 2.42. The number of ether oxygens (including phenoxy) is 1. The molecule has 0 saturated carbocycles. The maximum Gasteiger partial charge on any atom is 0.333 e. The fourth-order valence-corrected chi connectivity index (χ4v) is 2.19. The molecule has 0 aliphatic carbocycles. The molecule has 1 saturated heterocycles. The van der Waals surface area contributed by atoms with Gasteiger partial charge in [0.15, 0.2) is 6.04 Å². The number of benzene rings is 1. The molecule has 1 aliphatic heterocycles. The minimum atomic E-state index is -0.746. The van der Waals surface area contributed by atoms with Crippen LogP contribution in [-0.2, 0) is 14.3 Å². The van der Waals surface area contributed by atoms with Crippen LogP contribution >= 0.6 is 0 Å². The number of carbonyl (C=O) groups is 2. The highest BCUT2D eigenvalue weighted by Gasteiger charge is 2.32. The molecule has 2 atom stereocenters. The number of esters is 1. The summed E-state index contributed by atoms with van der Waals surface area (Å²) in [6, 6.07) is 8.38. The van der Waals surface area contributed by atoms with Crippen LogP contribution in [-0.4, -0.2) is 32.1 Å². The molecule has 0 radical (unpaired) electrons. The van der Waals surface area contributed by atoms with E-state index in [2.05, 4.69) is 10.6 Å². The van der Waals surface area contributed by atoms with Crippen LogP contribution in [0.3, 0.4) is 0 Å². The van der Waals surface area contributed by atoms with Gasteiger partial charge in [0.1, 0.15) is 0 Å². The highest BCUT2D eigenvalue weighted by Crippen LogP contribution is 2.19. The van der Waals surface area contributed by atoms with Crippen molar-refractivity contribution < 1.29 is 14.3 Å². The standard InChI is InChI=1S/C15H20N2O3/c1-10(12-8-16-9-12)14(18)17-13(15(19)20-2)11-6-4-3-5-7-11/h3-7,10,12-13,16H,8-9H2,1-2H3,(H,17,18). The highest BCUT2D eigenvalue weighted by atomic mass is 16.5. The van der Waals surface area contributed by atoms with Crippen LogP contribution in [0, 0.1) is 11.8 Å². The van der Waals surface area contributed by atoms with E-state index in [-0.39, 0.29) is 11.8 Å². The van der Waals surface area contributed by atoms with E-state index in [0.717, 1.165) is 18.7 Å². The Balaban J connectivity index is 2.08. The van der Waals surface area contributed by atoms with Gasteiger partial charge in [-0.15, -0.1) is 0 Å². The van der Waals surface area contributed by atoms with Gasteiger partial charge in [0.2, 0.25) is 5.91 Å². The van der Waals surface area contributed by atoms with Crippen molar-refractivity contribution in [2.45, 2.75) is 13.0 Å². The lowest BCUT2D eigenvalue weighted by Crippen LogP contribution is -2.50. The molecule has 0 bridgehead atoms. The number of methoxy groups -OCH3 is 1. The Morgan fingerprint density at radius 3 is 2.45 bits per heavy atom. The van der Waals surface area contributed by atoms with Crippen molar-refractivity contribution in [3.05, 3.63) is 35.9 Å². The van der Waals surface area contributed by atoms with Crippen molar-refractivity contribution in [3.63, 3.8) is 0 Å². The molecule has 2 unspecified atom stereocenters. The summed E-state index contributed by atoms with van der Waals surface area (Å²) in [6.07, 6.45) is 0. The summed E-state index contributed by atoms with van der Waals surface area (Å²) in [5, 5.41) is 5.94. The molecule has 1 fully saturated rings. The molecular weight excluding hydrogens is 256 g/mol. The molecule has 2 N–H and O–H groups in total. The zero-order valence-corrected chi connectivity index (χ0v) is 11.8. The third kappa shape index (κ3) is 3.17. The highest BCUT2D eigenvalue weighted by molar-refractivity contribution is 5.86. The molecule has 1 heterocycles. The van der Waals surface area contributed by atoms with Crippen molar-refractivity contribution in [2.24, 2.45) is 11.8 Å². The van der Waals surface area contributed by atoms with Crippen LogP contribution in [0.5, 0.6) is 0 Å². The molecule has 5 nitrogen and oxygen atoms in total. The summed E-state index contributed by atoms with van der Waals surface area (Å²) < 4.78 is 4.78. The Morgan fingerprint density at radius 2 is 1.95 bits per heavy atom. The van der Waals surface area contributed by atoms with E-state index in [0.29, 0.717) is 5.92 Å². The van der Waals surface area contributed by atoms with Gasteiger partial charge in [-0.25, -0.2) is 4.79 Å². The van der Waals surface area contributed by atoms with Gasteiger partial charge in [0, 0.05) is 5.92 Å². The second-order valence-electron chi connectivity index (χ2n) is 5.08. The lowest BCUT2D eigenvalue weighted by atomic mass is 9.88. The summed E-state index contributed by atoms with van der Waals surface area (Å²) in [5.74, 6) is -0.351. The fraction of sp³-hybridized carbons (Fsp3) is 0.467. The van der Waals surface area contributed by atoms with Crippen LogP contribution < -0.4 is 10.6 Å². The molecule has 20 heavy (non-hydrogen) atoms. The van der Waals surface area contributed by atoms with Crippen molar-refractivity contribution >= 4 is 11.9 Å². The number of rotatable bonds is 5. The molecule has 108 valence electrons. The fourth-order valence-electron chi connectivity index (χ4n) is 2.19. The Morgan fingerprint density at radius 1 is 1.30 bits per heavy atom. The summed E-state index contributed by atoms with van der Waals surface area (Å²) >= 11 is 0. The average molecular weight is 276 g/mol. The summed E-state index contributed by atoms with van der Waals surface area (Å²) in [4.78, 5) is 24.1. The van der Waals surface area contributed by atoms with Crippen LogP contribution in [0.4, 0.5) is 0 Å². The molecule has 1 aromatic rings. The third-order valence-electron chi connectivity index (χ3n) is 3.79. The minimum Gasteiger partial charge on any atom is -0.467 e. The first-order valence-corrected chi connectivity index (χ1v) is 6.77. The Kier molecular flexibility index (Phi) is 4.74. The van der Waals surface area contributed by atoms with Crippen LogP contribution in [0.1, 0.15) is 18.5 Å². The van der Waals surface area contributed by atoms with Gasteiger partial charge >= 0.3 is 5.97 Å². The topological polar surface area (TPSA) is 67.4 Å². The minimum absolute atomic E-state index is 0.115. The van der Waals surface area contributed by atoms with E-state index >= 15 is 0 Å². The first kappa shape index (κ1) is 14.5. The molecular formula is C15H20N2O3. The summed E-state index contributed by atoms with van der Waals surface area (Å²) in [7, 11) is 1.32. The van der Waals surface area contributed by atoms with Gasteiger partial charge in [-0.05, 0) is 24.6 Å². The van der Waals surface area contributed by atoms with Crippen molar-refractivity contribution in [1.29, 1.82) is 0 Å². The van der Waals surface area contributed by atoms with E-state index in [1.54, 1.807) is 12.1 Å². The van der Waals surface area contributed by atoms with Gasteiger partial charge in [-0.2, -0.15) is 0 Å². The van der Waals surface area contributed by atoms with Gasteiger partial charge in [0.05, 0.1) is 7.11 Å². The molecule has 2 rings (SSSR count). The Hall–Kier alpha value is -1.88. The lowest BCUT2D eigenvalue weighted by molar-refractivity contribution is -0.146. The Bertz CT molecular complexity index is 471. The molecule has 5 heteroatoms. The molecule has 1 aromatic carbocycles. The van der Waals surface area contributed by atoms with Crippen molar-refractivity contribution in [2.75, 3.05) is 20.2 Å². The van der Waals surface area contributed by atoms with Crippen molar-refractivity contribution in [1.82, 2.24) is 10.6 Å². The second kappa shape index (κ2) is 6.52. The zero-order chi connectivity index (χ0) is 14.5. The normalized spacial score (nSPS) is 17.7. The molecule has 1 aliphatic rings. The predicted octanol–water partition coefficient (Wildman–Crippen LogP) is 0.872. The first-order chi connectivity index (χ1) is 9.63. The third-order valence-corrected chi connectivity index (χ3v) is 3.79. The van der Waals surface area contributed by atoms with E-state index in [4.69, 9.17) is 4.74 Å². The van der Waals surface area contributed by atoms with Gasteiger partial charge in [-0.3, -0.25) is 4.79 Å². The summed E-state index contributed by atoms with van der Waals surface area (Å²) in [5.41, 5.74) is 0.728. The van der Waals surface area contributed by atoms with Crippen LogP contribution in [0.2, 0.25) is 0 Å². The maximum absolute atomic E-state index is 12.2. The first-order valence-electron chi connectivity index (χ1n) is 6.77. The number of nitrogens with one attached hydrogen (secondary N) is 2. The number of hydrogen-bond donors (Lipinski definition) is 2. The van der Waals surface area contributed by atoms with Crippen molar-refractivity contribution in [3.8, 4) is 0 Å². The van der Waals surface area contributed by atoms with Gasteiger partial charge < -0.3 is 15.4 Å². The summed E-state index contributed by atoms with van der Waals surface area (Å²) in [6.45, 7) is 3.59. The Labute approximate surface area is 118 Å². The molecule has 1 amide bonds. The number of carbonyl (C=O) groups excluding carboxylic acids is 2. The monoisotopic (exact) mass is 276 g/mol. The molecule has 0 aromatic heterocycles. The predicted molar refractivity (Wildman–Crippen MR) is 74.9 cm³/mol. The molecule has 0 spiro atoms. The quantitative estimate of drug-likeness (QED) is 0.783. The van der Waals surface area contributed by atoms with E-state index in [1.165, 1.54) is 7.11 Å². The maximum atomic E-state index is 12.2. The SMILES string of the molecule is COC(=O)C(NC(=O)C(C)C1CNC1)c1ccccc1. The zero-order valence-electron chi connectivity index (χ0n) is 11.8. The van der Waals surface area contributed by atoms with E-state index in [9.17, 15) is 9.59 Å². The largest absolute Gasteiger partial charge is 0.467 e. The van der Waals surface area contributed by atoms with Crippen LogP contribution in [0.15, 0.2) is 30.3 Å². The smallest absolute Gasteiger partial charge is 0.333 e. The van der Waals surface area contributed by atoms with Gasteiger partial charge in [0.25, 0.3) is 0 Å². The number of amides is 1. The van der Waals surface area contributed by atoms with Crippen LogP contribution in [0.25, 0.3) is 0 Å². The van der Waals surface area contributed by atoms with Gasteiger partial charge in [-0.1, -0.05) is 37.3 Å². The second-order valence-corrected chi connectivity index (χ2v) is 5.08. The van der Waals surface area contributed by atoms with E-state index < -0.39 is 12.0 Å². The lowest BCUT2D eigenvalue weighted by Gasteiger charge is -2.32. The van der Waals surface area contributed by atoms with E-state index in [1.807, 2.05) is 25.1 Å².